The SMILES string of the molecule is CCCCCCCCCC/C=C/CC/C=C/CCCC(O)C(O)C(CO)NC(=O)C(O)CCCCCCCCCCCCCCCCCCCC. The number of allylic oxidation sites excluding steroid dienone is 4. The van der Waals surface area contributed by atoms with Crippen molar-refractivity contribution in [3.63, 3.8) is 0 Å². The zero-order valence-corrected chi connectivity index (χ0v) is 33.9. The van der Waals surface area contributed by atoms with Gasteiger partial charge in [0.25, 0.3) is 0 Å². The number of carbonyl (C=O) groups excluding carboxylic acids is 1. The largest absolute Gasteiger partial charge is 0.394 e. The molecular weight excluding hydrogens is 634 g/mol. The number of nitrogens with one attached hydrogen (secondary N) is 1. The molecule has 4 unspecified atom stereocenters. The van der Waals surface area contributed by atoms with Crippen molar-refractivity contribution in [1.29, 1.82) is 0 Å². The Labute approximate surface area is 316 Å². The lowest BCUT2D eigenvalue weighted by Crippen LogP contribution is -2.53. The summed E-state index contributed by atoms with van der Waals surface area (Å²) in [6.45, 7) is 4.04. The average Bonchev–Trinajstić information content (AvgIpc) is 3.13. The second-order valence-corrected chi connectivity index (χ2v) is 15.4. The summed E-state index contributed by atoms with van der Waals surface area (Å²) in [6, 6.07) is -1.00. The number of rotatable bonds is 40. The maximum absolute atomic E-state index is 12.5. The summed E-state index contributed by atoms with van der Waals surface area (Å²) in [6.07, 6.45) is 44.9. The minimum Gasteiger partial charge on any atom is -0.394 e. The normalized spacial score (nSPS) is 14.4. The summed E-state index contributed by atoms with van der Waals surface area (Å²) in [5.74, 6) is -0.595. The van der Waals surface area contributed by atoms with Crippen LogP contribution in [0.4, 0.5) is 0 Å². The molecule has 0 aliphatic carbocycles. The molecule has 6 nitrogen and oxygen atoms in total. The van der Waals surface area contributed by atoms with Crippen LogP contribution in [0.1, 0.15) is 226 Å². The smallest absolute Gasteiger partial charge is 0.249 e. The molecule has 0 heterocycles. The highest BCUT2D eigenvalue weighted by Crippen LogP contribution is 2.16. The van der Waals surface area contributed by atoms with E-state index in [0.29, 0.717) is 19.3 Å². The molecule has 0 aromatic carbocycles. The lowest BCUT2D eigenvalue weighted by atomic mass is 10.00. The average molecular weight is 722 g/mol. The summed E-state index contributed by atoms with van der Waals surface area (Å²) >= 11 is 0. The predicted molar refractivity (Wildman–Crippen MR) is 219 cm³/mol. The van der Waals surface area contributed by atoms with Crippen molar-refractivity contribution in [2.75, 3.05) is 6.61 Å². The van der Waals surface area contributed by atoms with E-state index in [9.17, 15) is 25.2 Å². The third-order valence-corrected chi connectivity index (χ3v) is 10.4. The Hall–Kier alpha value is -1.21. The van der Waals surface area contributed by atoms with Gasteiger partial charge in [-0.15, -0.1) is 0 Å². The molecule has 0 aromatic rings. The summed E-state index contributed by atoms with van der Waals surface area (Å²) in [4.78, 5) is 12.5. The second kappa shape index (κ2) is 40.0. The van der Waals surface area contributed by atoms with Crippen molar-refractivity contribution in [3.05, 3.63) is 24.3 Å². The Balaban J connectivity index is 3.78. The molecule has 0 aliphatic rings. The van der Waals surface area contributed by atoms with Gasteiger partial charge in [0.1, 0.15) is 12.2 Å². The lowest BCUT2D eigenvalue weighted by Gasteiger charge is -2.27. The molecule has 5 N–H and O–H groups in total. The number of amides is 1. The first kappa shape index (κ1) is 49.8. The van der Waals surface area contributed by atoms with Gasteiger partial charge in [-0.05, 0) is 51.4 Å². The molecule has 51 heavy (non-hydrogen) atoms. The van der Waals surface area contributed by atoms with Crippen molar-refractivity contribution in [2.45, 2.75) is 250 Å². The zero-order chi connectivity index (χ0) is 37.5. The molecule has 0 radical (unpaired) electrons. The van der Waals surface area contributed by atoms with Gasteiger partial charge in [0.2, 0.25) is 5.91 Å². The van der Waals surface area contributed by atoms with Gasteiger partial charge >= 0.3 is 0 Å². The number of hydrogen-bond acceptors (Lipinski definition) is 5. The molecule has 0 fully saturated rings. The maximum atomic E-state index is 12.5. The molecule has 0 aliphatic heterocycles. The Morgan fingerprint density at radius 1 is 0.471 bits per heavy atom. The Morgan fingerprint density at radius 2 is 0.824 bits per heavy atom. The Bertz CT molecular complexity index is 772. The van der Waals surface area contributed by atoms with E-state index in [1.165, 1.54) is 154 Å². The van der Waals surface area contributed by atoms with E-state index >= 15 is 0 Å². The van der Waals surface area contributed by atoms with E-state index in [0.717, 1.165) is 38.5 Å². The molecular formula is C45H87NO5. The van der Waals surface area contributed by atoms with Crippen LogP contribution in [0.5, 0.6) is 0 Å². The molecule has 302 valence electrons. The number of unbranched alkanes of at least 4 members (excludes halogenated alkanes) is 27. The Morgan fingerprint density at radius 3 is 1.24 bits per heavy atom. The molecule has 0 saturated heterocycles. The van der Waals surface area contributed by atoms with Crippen molar-refractivity contribution < 1.29 is 25.2 Å². The minimum absolute atomic E-state index is 0.364. The fraction of sp³-hybridized carbons (Fsp3) is 0.889. The van der Waals surface area contributed by atoms with E-state index in [-0.39, 0.29) is 0 Å². The number of aliphatic hydroxyl groups is 4. The van der Waals surface area contributed by atoms with E-state index in [1.54, 1.807) is 0 Å². The molecule has 0 rings (SSSR count). The molecule has 0 bridgehead atoms. The first-order valence-corrected chi connectivity index (χ1v) is 22.2. The third kappa shape index (κ3) is 34.3. The molecule has 0 aromatic heterocycles. The highest BCUT2D eigenvalue weighted by molar-refractivity contribution is 5.80. The van der Waals surface area contributed by atoms with Crippen LogP contribution in [-0.2, 0) is 4.79 Å². The van der Waals surface area contributed by atoms with Crippen LogP contribution in [0.15, 0.2) is 24.3 Å². The highest BCUT2D eigenvalue weighted by atomic mass is 16.3. The van der Waals surface area contributed by atoms with Crippen LogP contribution in [0, 0.1) is 0 Å². The fourth-order valence-corrected chi connectivity index (χ4v) is 6.83. The number of aliphatic hydroxyl groups excluding tert-OH is 4. The monoisotopic (exact) mass is 722 g/mol. The predicted octanol–water partition coefficient (Wildman–Crippen LogP) is 11.6. The van der Waals surface area contributed by atoms with Gasteiger partial charge in [-0.1, -0.05) is 199 Å². The van der Waals surface area contributed by atoms with Gasteiger partial charge < -0.3 is 25.7 Å². The van der Waals surface area contributed by atoms with Gasteiger partial charge in [0.15, 0.2) is 0 Å². The van der Waals surface area contributed by atoms with Crippen molar-refractivity contribution in [1.82, 2.24) is 5.32 Å². The first-order chi connectivity index (χ1) is 25.0. The van der Waals surface area contributed by atoms with Crippen LogP contribution in [0.25, 0.3) is 0 Å². The molecule has 0 saturated carbocycles. The van der Waals surface area contributed by atoms with Crippen molar-refractivity contribution >= 4 is 5.91 Å². The van der Waals surface area contributed by atoms with E-state index in [2.05, 4.69) is 43.5 Å². The van der Waals surface area contributed by atoms with Crippen LogP contribution in [0.3, 0.4) is 0 Å². The van der Waals surface area contributed by atoms with Crippen molar-refractivity contribution in [2.24, 2.45) is 0 Å². The van der Waals surface area contributed by atoms with E-state index < -0.39 is 36.9 Å². The van der Waals surface area contributed by atoms with Crippen LogP contribution in [0.2, 0.25) is 0 Å². The molecule has 0 spiro atoms. The molecule has 6 heteroatoms. The van der Waals surface area contributed by atoms with E-state index in [4.69, 9.17) is 0 Å². The summed E-state index contributed by atoms with van der Waals surface area (Å²) in [7, 11) is 0. The minimum atomic E-state index is -1.29. The van der Waals surface area contributed by atoms with Crippen molar-refractivity contribution in [3.8, 4) is 0 Å². The summed E-state index contributed by atoms with van der Waals surface area (Å²) in [5, 5.41) is 43.6. The highest BCUT2D eigenvalue weighted by Gasteiger charge is 2.28. The van der Waals surface area contributed by atoms with Gasteiger partial charge in [-0.25, -0.2) is 0 Å². The molecule has 1 amide bonds. The first-order valence-electron chi connectivity index (χ1n) is 22.2. The lowest BCUT2D eigenvalue weighted by molar-refractivity contribution is -0.132. The van der Waals surface area contributed by atoms with E-state index in [1.807, 2.05) is 0 Å². The van der Waals surface area contributed by atoms with Gasteiger partial charge in [-0.2, -0.15) is 0 Å². The number of carbonyl (C=O) groups is 1. The van der Waals surface area contributed by atoms with Crippen LogP contribution in [-0.4, -0.2) is 57.3 Å². The standard InChI is InChI=1S/C45H87NO5/c1-3-5-7-9-11-13-15-17-19-21-23-25-27-29-31-33-35-37-39-43(49)45(51)46-41(40-47)44(50)42(48)38-36-34-32-30-28-26-24-22-20-18-16-14-12-10-8-6-4-2/h22,24,30,32,41-44,47-50H,3-21,23,25-29,31,33-40H2,1-2H3,(H,46,51)/b24-22+,32-30+. The van der Waals surface area contributed by atoms with Crippen LogP contribution < -0.4 is 5.32 Å². The molecule has 4 atom stereocenters. The maximum Gasteiger partial charge on any atom is 0.249 e. The van der Waals surface area contributed by atoms with Crippen LogP contribution >= 0.6 is 0 Å². The topological polar surface area (TPSA) is 110 Å². The van der Waals surface area contributed by atoms with Gasteiger partial charge in [0.05, 0.1) is 18.8 Å². The fourth-order valence-electron chi connectivity index (χ4n) is 6.83. The third-order valence-electron chi connectivity index (χ3n) is 10.4. The quantitative estimate of drug-likeness (QED) is 0.0320. The number of hydrogen-bond donors (Lipinski definition) is 5. The summed E-state index contributed by atoms with van der Waals surface area (Å²) in [5.41, 5.74) is 0. The zero-order valence-electron chi connectivity index (χ0n) is 33.9. The second-order valence-electron chi connectivity index (χ2n) is 15.4. The Kier molecular flexibility index (Phi) is 39.0. The summed E-state index contributed by atoms with van der Waals surface area (Å²) < 4.78 is 0. The van der Waals surface area contributed by atoms with Gasteiger partial charge in [-0.3, -0.25) is 4.79 Å². The van der Waals surface area contributed by atoms with Gasteiger partial charge in [0, 0.05) is 0 Å².